The van der Waals surface area contributed by atoms with Crippen LogP contribution < -0.4 is 14.8 Å². The van der Waals surface area contributed by atoms with Gasteiger partial charge in [-0.05, 0) is 66.9 Å². The minimum absolute atomic E-state index is 0.144. The van der Waals surface area contributed by atoms with Gasteiger partial charge in [-0.25, -0.2) is 8.42 Å². The van der Waals surface area contributed by atoms with E-state index in [1.54, 1.807) is 50.4 Å². The third-order valence-corrected chi connectivity index (χ3v) is 6.40. The van der Waals surface area contributed by atoms with Gasteiger partial charge in [0.05, 0.1) is 23.7 Å². The number of hydrogen-bond acceptors (Lipinski definition) is 4. The first-order valence-electron chi connectivity index (χ1n) is 9.97. The molecule has 0 fully saturated rings. The zero-order chi connectivity index (χ0) is 22.4. The standard InChI is InChI=1S/C24H26N2O4S/c1-4-22(18-10-13-20(30-3)14-11-18)25-24(27)19-12-15-23(17(2)16-19)26-31(28,29)21-8-6-5-7-9-21/h5-16,22,26H,4H2,1-3H3,(H,25,27)/t22-/m0/s1. The molecule has 0 radical (unpaired) electrons. The van der Waals surface area contributed by atoms with Crippen LogP contribution in [-0.4, -0.2) is 21.4 Å². The molecule has 0 unspecified atom stereocenters. The third-order valence-electron chi connectivity index (χ3n) is 5.02. The number of aryl methyl sites for hydroxylation is 1. The molecular weight excluding hydrogens is 412 g/mol. The van der Waals surface area contributed by atoms with Crippen LogP contribution >= 0.6 is 0 Å². The molecule has 0 aliphatic carbocycles. The second-order valence-electron chi connectivity index (χ2n) is 7.16. The van der Waals surface area contributed by atoms with Crippen molar-refractivity contribution in [1.29, 1.82) is 0 Å². The van der Waals surface area contributed by atoms with Crippen LogP contribution in [0.25, 0.3) is 0 Å². The van der Waals surface area contributed by atoms with Crippen molar-refractivity contribution in [3.63, 3.8) is 0 Å². The summed E-state index contributed by atoms with van der Waals surface area (Å²) in [7, 11) is -2.08. The summed E-state index contributed by atoms with van der Waals surface area (Å²) in [6.45, 7) is 3.77. The summed E-state index contributed by atoms with van der Waals surface area (Å²) >= 11 is 0. The van der Waals surface area contributed by atoms with E-state index in [-0.39, 0.29) is 16.8 Å². The van der Waals surface area contributed by atoms with Gasteiger partial charge in [0.25, 0.3) is 15.9 Å². The molecule has 3 aromatic carbocycles. The van der Waals surface area contributed by atoms with Gasteiger partial charge in [-0.15, -0.1) is 0 Å². The molecule has 3 aromatic rings. The number of sulfonamides is 1. The molecule has 162 valence electrons. The molecule has 2 N–H and O–H groups in total. The molecule has 7 heteroatoms. The van der Waals surface area contributed by atoms with Crippen LogP contribution in [0.2, 0.25) is 0 Å². The van der Waals surface area contributed by atoms with E-state index < -0.39 is 10.0 Å². The summed E-state index contributed by atoms with van der Waals surface area (Å²) in [5.41, 5.74) is 2.54. The van der Waals surface area contributed by atoms with Crippen LogP contribution in [-0.2, 0) is 10.0 Å². The zero-order valence-electron chi connectivity index (χ0n) is 17.8. The van der Waals surface area contributed by atoms with E-state index >= 15 is 0 Å². The van der Waals surface area contributed by atoms with Crippen molar-refractivity contribution >= 4 is 21.6 Å². The van der Waals surface area contributed by atoms with Gasteiger partial charge in [-0.3, -0.25) is 9.52 Å². The van der Waals surface area contributed by atoms with Gasteiger partial charge >= 0.3 is 0 Å². The molecule has 6 nitrogen and oxygen atoms in total. The van der Waals surface area contributed by atoms with Crippen LogP contribution in [0, 0.1) is 6.92 Å². The van der Waals surface area contributed by atoms with Crippen LogP contribution in [0.5, 0.6) is 5.75 Å². The Bertz CT molecular complexity index is 1140. The van der Waals surface area contributed by atoms with E-state index in [1.165, 1.54) is 12.1 Å². The lowest BCUT2D eigenvalue weighted by atomic mass is 10.0. The van der Waals surface area contributed by atoms with E-state index in [2.05, 4.69) is 10.0 Å². The highest BCUT2D eigenvalue weighted by Crippen LogP contribution is 2.23. The number of rotatable bonds is 8. The van der Waals surface area contributed by atoms with E-state index in [0.717, 1.165) is 17.7 Å². The quantitative estimate of drug-likeness (QED) is 0.535. The number of carbonyl (C=O) groups is 1. The van der Waals surface area contributed by atoms with Gasteiger partial charge < -0.3 is 10.1 Å². The molecule has 0 aliphatic heterocycles. The second kappa shape index (κ2) is 9.66. The molecule has 1 amide bonds. The van der Waals surface area contributed by atoms with Crippen molar-refractivity contribution in [2.45, 2.75) is 31.2 Å². The monoisotopic (exact) mass is 438 g/mol. The first-order chi connectivity index (χ1) is 14.8. The van der Waals surface area contributed by atoms with Gasteiger partial charge in [-0.2, -0.15) is 0 Å². The van der Waals surface area contributed by atoms with Crippen molar-refractivity contribution in [2.24, 2.45) is 0 Å². The lowest BCUT2D eigenvalue weighted by Gasteiger charge is -2.18. The molecule has 0 aromatic heterocycles. The summed E-state index contributed by atoms with van der Waals surface area (Å²) in [4.78, 5) is 13.0. The van der Waals surface area contributed by atoms with Crippen LogP contribution in [0.4, 0.5) is 5.69 Å². The van der Waals surface area contributed by atoms with Crippen LogP contribution in [0.1, 0.15) is 40.9 Å². The summed E-state index contributed by atoms with van der Waals surface area (Å²) in [5, 5.41) is 3.04. The Balaban J connectivity index is 1.74. The summed E-state index contributed by atoms with van der Waals surface area (Å²) in [6, 6.07) is 20.5. The molecule has 0 saturated carbocycles. The largest absolute Gasteiger partial charge is 0.497 e. The number of ether oxygens (including phenoxy) is 1. The minimum Gasteiger partial charge on any atom is -0.497 e. The number of methoxy groups -OCH3 is 1. The highest BCUT2D eigenvalue weighted by atomic mass is 32.2. The SMILES string of the molecule is CC[C@H](NC(=O)c1ccc(NS(=O)(=O)c2ccccc2)c(C)c1)c1ccc(OC)cc1. The Labute approximate surface area is 183 Å². The highest BCUT2D eigenvalue weighted by molar-refractivity contribution is 7.92. The molecule has 0 spiro atoms. The predicted molar refractivity (Wildman–Crippen MR) is 122 cm³/mol. The number of carbonyl (C=O) groups excluding carboxylic acids is 1. The molecule has 0 aliphatic rings. The van der Waals surface area contributed by atoms with Crippen molar-refractivity contribution < 1.29 is 17.9 Å². The van der Waals surface area contributed by atoms with Crippen molar-refractivity contribution in [3.05, 3.63) is 89.5 Å². The van der Waals surface area contributed by atoms with Crippen molar-refractivity contribution in [1.82, 2.24) is 5.32 Å². The second-order valence-corrected chi connectivity index (χ2v) is 8.84. The van der Waals surface area contributed by atoms with Gasteiger partial charge in [0, 0.05) is 5.56 Å². The van der Waals surface area contributed by atoms with Gasteiger partial charge in [0.1, 0.15) is 5.75 Å². The number of anilines is 1. The Morgan fingerprint density at radius 1 is 1.00 bits per heavy atom. The maximum atomic E-state index is 12.8. The van der Waals surface area contributed by atoms with Gasteiger partial charge in [0.15, 0.2) is 0 Å². The topological polar surface area (TPSA) is 84.5 Å². The van der Waals surface area contributed by atoms with Crippen molar-refractivity contribution in [3.8, 4) is 5.75 Å². The average Bonchev–Trinajstić information content (AvgIpc) is 2.79. The normalized spacial score (nSPS) is 12.1. The number of hydrogen-bond donors (Lipinski definition) is 2. The van der Waals surface area contributed by atoms with Crippen LogP contribution in [0.15, 0.2) is 77.7 Å². The molecule has 0 heterocycles. The number of amides is 1. The summed E-state index contributed by atoms with van der Waals surface area (Å²) < 4.78 is 32.9. The van der Waals surface area contributed by atoms with E-state index in [1.807, 2.05) is 31.2 Å². The van der Waals surface area contributed by atoms with Gasteiger partial charge in [0.2, 0.25) is 0 Å². The van der Waals surface area contributed by atoms with Crippen LogP contribution in [0.3, 0.4) is 0 Å². The van der Waals surface area contributed by atoms with E-state index in [0.29, 0.717) is 16.8 Å². The first-order valence-corrected chi connectivity index (χ1v) is 11.5. The number of benzene rings is 3. The molecule has 0 saturated heterocycles. The highest BCUT2D eigenvalue weighted by Gasteiger charge is 2.17. The molecule has 31 heavy (non-hydrogen) atoms. The Kier molecular flexibility index (Phi) is 6.97. The van der Waals surface area contributed by atoms with Gasteiger partial charge in [-0.1, -0.05) is 37.3 Å². The summed E-state index contributed by atoms with van der Waals surface area (Å²) in [5.74, 6) is 0.539. The Hall–Kier alpha value is -3.32. The lowest BCUT2D eigenvalue weighted by Crippen LogP contribution is -2.28. The van der Waals surface area contributed by atoms with E-state index in [9.17, 15) is 13.2 Å². The Morgan fingerprint density at radius 3 is 2.26 bits per heavy atom. The zero-order valence-corrected chi connectivity index (χ0v) is 18.6. The average molecular weight is 439 g/mol. The molecular formula is C24H26N2O4S. The first kappa shape index (κ1) is 22.4. The minimum atomic E-state index is -3.69. The van der Waals surface area contributed by atoms with Crippen molar-refractivity contribution in [2.75, 3.05) is 11.8 Å². The predicted octanol–water partition coefficient (Wildman–Crippen LogP) is 4.69. The smallest absolute Gasteiger partial charge is 0.261 e. The molecule has 1 atom stereocenters. The molecule has 3 rings (SSSR count). The molecule has 0 bridgehead atoms. The summed E-state index contributed by atoms with van der Waals surface area (Å²) in [6.07, 6.45) is 0.728. The number of nitrogens with one attached hydrogen (secondary N) is 2. The fourth-order valence-corrected chi connectivity index (χ4v) is 4.37. The maximum Gasteiger partial charge on any atom is 0.261 e. The Morgan fingerprint density at radius 2 is 1.68 bits per heavy atom. The van der Waals surface area contributed by atoms with E-state index in [4.69, 9.17) is 4.74 Å². The third kappa shape index (κ3) is 5.44. The fourth-order valence-electron chi connectivity index (χ4n) is 3.22. The lowest BCUT2D eigenvalue weighted by molar-refractivity contribution is 0.0935. The fraction of sp³-hybridized carbons (Fsp3) is 0.208. The maximum absolute atomic E-state index is 12.8.